The van der Waals surface area contributed by atoms with Gasteiger partial charge in [-0.25, -0.2) is 0 Å². The largest absolute Gasteiger partial charge is 0.493 e. The number of rotatable bonds is 7. The van der Waals surface area contributed by atoms with E-state index in [9.17, 15) is 10.1 Å². The molecule has 1 amide bonds. The Morgan fingerprint density at radius 3 is 2.74 bits per heavy atom. The Morgan fingerprint density at radius 1 is 1.14 bits per heavy atom. The van der Waals surface area contributed by atoms with Gasteiger partial charge in [0.15, 0.2) is 11.5 Å². The zero-order chi connectivity index (χ0) is 24.2. The van der Waals surface area contributed by atoms with Gasteiger partial charge < -0.3 is 13.9 Å². The number of fused-ring (bicyclic) bond motifs is 1. The lowest BCUT2D eigenvalue weighted by atomic mass is 9.86. The van der Waals surface area contributed by atoms with E-state index in [-0.39, 0.29) is 18.2 Å². The Bertz CT molecular complexity index is 1270. The molecule has 0 unspecified atom stereocenters. The van der Waals surface area contributed by atoms with Crippen LogP contribution in [0.1, 0.15) is 29.2 Å². The summed E-state index contributed by atoms with van der Waals surface area (Å²) in [5.41, 5.74) is 2.54. The summed E-state index contributed by atoms with van der Waals surface area (Å²) in [7, 11) is 1.59. The molecule has 0 radical (unpaired) electrons. The molecule has 1 atom stereocenters. The van der Waals surface area contributed by atoms with E-state index in [1.165, 1.54) is 11.8 Å². The molecule has 0 spiro atoms. The fourth-order valence-electron chi connectivity index (χ4n) is 4.37. The molecule has 3 heterocycles. The van der Waals surface area contributed by atoms with Gasteiger partial charge in [0.05, 0.1) is 49.1 Å². The van der Waals surface area contributed by atoms with Gasteiger partial charge >= 0.3 is 0 Å². The van der Waals surface area contributed by atoms with Crippen LogP contribution in [-0.4, -0.2) is 35.4 Å². The number of hydrogen-bond donors (Lipinski definition) is 0. The van der Waals surface area contributed by atoms with Crippen LogP contribution in [0.15, 0.2) is 81.9 Å². The average molecular weight is 488 g/mol. The Morgan fingerprint density at radius 2 is 2.00 bits per heavy atom. The van der Waals surface area contributed by atoms with Crippen molar-refractivity contribution in [2.24, 2.45) is 0 Å². The lowest BCUT2D eigenvalue weighted by Crippen LogP contribution is -2.46. The van der Waals surface area contributed by atoms with Crippen LogP contribution in [0, 0.1) is 11.3 Å². The number of carbonyl (C=O) groups excluding carboxylic acids is 1. The van der Waals surface area contributed by atoms with Crippen molar-refractivity contribution in [3.63, 3.8) is 0 Å². The summed E-state index contributed by atoms with van der Waals surface area (Å²) in [5.74, 6) is 2.41. The zero-order valence-electron chi connectivity index (χ0n) is 19.3. The third-order valence-corrected chi connectivity index (χ3v) is 7.34. The van der Waals surface area contributed by atoms with Crippen LogP contribution in [0.4, 0.5) is 0 Å². The maximum atomic E-state index is 13.2. The molecule has 2 aromatic carbocycles. The first-order chi connectivity index (χ1) is 17.2. The number of furan rings is 1. The van der Waals surface area contributed by atoms with Crippen LogP contribution < -0.4 is 9.47 Å². The molecule has 1 aromatic heterocycles. The van der Waals surface area contributed by atoms with Crippen LogP contribution in [0.25, 0.3) is 0 Å². The standard InChI is InChI=1S/C27H25N3O4S/c1-32-25-12-20(9-10-24(25)34-16-19-6-3-2-4-7-19)22-13-26(31)30-17-29(15-21-8-5-11-33-21)18-35-27(30)23(22)14-28/h2-12,22H,13,15-18H2,1H3/t22-/m1/s1. The van der Waals surface area contributed by atoms with Crippen molar-refractivity contribution in [3.8, 4) is 17.6 Å². The third-order valence-electron chi connectivity index (χ3n) is 6.14. The third kappa shape index (κ3) is 4.92. The van der Waals surface area contributed by atoms with E-state index in [1.807, 2.05) is 60.7 Å². The van der Waals surface area contributed by atoms with Crippen molar-refractivity contribution < 1.29 is 18.7 Å². The summed E-state index contributed by atoms with van der Waals surface area (Å²) >= 11 is 1.52. The molecule has 1 fully saturated rings. The molecular weight excluding hydrogens is 462 g/mol. The van der Waals surface area contributed by atoms with E-state index >= 15 is 0 Å². The minimum atomic E-state index is -0.319. The number of allylic oxidation sites excluding steroid dienone is 1. The number of carbonyl (C=O) groups is 1. The summed E-state index contributed by atoms with van der Waals surface area (Å²) in [5, 5.41) is 10.8. The molecule has 0 N–H and O–H groups in total. The van der Waals surface area contributed by atoms with Gasteiger partial charge in [-0.3, -0.25) is 14.6 Å². The van der Waals surface area contributed by atoms with Crippen molar-refractivity contribution in [1.29, 1.82) is 5.26 Å². The molecule has 0 saturated carbocycles. The first-order valence-corrected chi connectivity index (χ1v) is 12.3. The highest BCUT2D eigenvalue weighted by Crippen LogP contribution is 2.44. The fraction of sp³-hybridized carbons (Fsp3) is 0.259. The molecule has 2 aliphatic heterocycles. The van der Waals surface area contributed by atoms with Gasteiger partial charge in [0.1, 0.15) is 12.4 Å². The second-order valence-corrected chi connectivity index (χ2v) is 9.35. The Hall–Kier alpha value is -3.67. The lowest BCUT2D eigenvalue weighted by Gasteiger charge is -2.41. The average Bonchev–Trinajstić information content (AvgIpc) is 3.41. The summed E-state index contributed by atoms with van der Waals surface area (Å²) < 4.78 is 17.0. The highest BCUT2D eigenvalue weighted by atomic mass is 32.2. The van der Waals surface area contributed by atoms with E-state index in [0.717, 1.165) is 21.9 Å². The Balaban J connectivity index is 1.36. The van der Waals surface area contributed by atoms with Crippen molar-refractivity contribution in [1.82, 2.24) is 9.80 Å². The van der Waals surface area contributed by atoms with Crippen molar-refractivity contribution >= 4 is 17.7 Å². The Labute approximate surface area is 208 Å². The maximum absolute atomic E-state index is 13.2. The van der Waals surface area contributed by atoms with Crippen LogP contribution in [0.3, 0.4) is 0 Å². The number of hydrogen-bond acceptors (Lipinski definition) is 7. The summed E-state index contributed by atoms with van der Waals surface area (Å²) in [6.45, 7) is 1.48. The van der Waals surface area contributed by atoms with Gasteiger partial charge in [-0.2, -0.15) is 5.26 Å². The smallest absolute Gasteiger partial charge is 0.229 e. The van der Waals surface area contributed by atoms with Crippen LogP contribution in [-0.2, 0) is 17.9 Å². The van der Waals surface area contributed by atoms with Crippen LogP contribution >= 0.6 is 11.8 Å². The van der Waals surface area contributed by atoms with Gasteiger partial charge in [0.2, 0.25) is 5.91 Å². The molecule has 178 valence electrons. The summed E-state index contributed by atoms with van der Waals surface area (Å²) in [6.07, 6.45) is 1.88. The number of thioether (sulfide) groups is 1. The lowest BCUT2D eigenvalue weighted by molar-refractivity contribution is -0.132. The highest BCUT2D eigenvalue weighted by Gasteiger charge is 2.38. The van der Waals surface area contributed by atoms with Gasteiger partial charge in [-0.15, -0.1) is 0 Å². The number of amides is 1. The van der Waals surface area contributed by atoms with E-state index < -0.39 is 0 Å². The van der Waals surface area contributed by atoms with E-state index in [1.54, 1.807) is 18.3 Å². The minimum absolute atomic E-state index is 0.00372. The summed E-state index contributed by atoms with van der Waals surface area (Å²) in [4.78, 5) is 17.0. The van der Waals surface area contributed by atoms with Gasteiger partial charge in [0, 0.05) is 12.3 Å². The molecule has 7 nitrogen and oxygen atoms in total. The molecular formula is C27H25N3O4S. The first-order valence-electron chi connectivity index (χ1n) is 11.3. The molecule has 8 heteroatoms. The first kappa shape index (κ1) is 23.1. The Kier molecular flexibility index (Phi) is 6.80. The number of nitriles is 1. The normalized spacial score (nSPS) is 18.2. The molecule has 5 rings (SSSR count). The van der Waals surface area contributed by atoms with Crippen molar-refractivity contribution in [3.05, 3.63) is 94.4 Å². The molecule has 1 saturated heterocycles. The number of ether oxygens (including phenoxy) is 2. The van der Waals surface area contributed by atoms with E-state index in [2.05, 4.69) is 11.0 Å². The van der Waals surface area contributed by atoms with Gasteiger partial charge in [0.25, 0.3) is 0 Å². The summed E-state index contributed by atoms with van der Waals surface area (Å²) in [6, 6.07) is 21.7. The molecule has 0 aliphatic carbocycles. The molecule has 35 heavy (non-hydrogen) atoms. The van der Waals surface area contributed by atoms with Crippen LogP contribution in [0.5, 0.6) is 11.5 Å². The minimum Gasteiger partial charge on any atom is -0.493 e. The number of benzene rings is 2. The monoisotopic (exact) mass is 487 g/mol. The quantitative estimate of drug-likeness (QED) is 0.460. The van der Waals surface area contributed by atoms with Crippen molar-refractivity contribution in [2.45, 2.75) is 25.5 Å². The zero-order valence-corrected chi connectivity index (χ0v) is 20.2. The van der Waals surface area contributed by atoms with E-state index in [0.29, 0.717) is 42.8 Å². The molecule has 3 aromatic rings. The maximum Gasteiger partial charge on any atom is 0.229 e. The SMILES string of the molecule is COc1cc([C@H]2CC(=O)N3CN(Cc4ccco4)CSC3=C2C#N)ccc1OCc1ccccc1. The van der Waals surface area contributed by atoms with E-state index in [4.69, 9.17) is 13.9 Å². The predicted octanol–water partition coefficient (Wildman–Crippen LogP) is 5.08. The molecule has 0 bridgehead atoms. The van der Waals surface area contributed by atoms with Gasteiger partial charge in [-0.1, -0.05) is 48.2 Å². The molecule has 2 aliphatic rings. The topological polar surface area (TPSA) is 78.9 Å². The number of nitrogens with zero attached hydrogens (tertiary/aromatic N) is 3. The second-order valence-electron chi connectivity index (χ2n) is 8.42. The predicted molar refractivity (Wildman–Crippen MR) is 132 cm³/mol. The second kappa shape index (κ2) is 10.3. The van der Waals surface area contributed by atoms with Crippen LogP contribution in [0.2, 0.25) is 0 Å². The highest BCUT2D eigenvalue weighted by molar-refractivity contribution is 8.03. The van der Waals surface area contributed by atoms with Gasteiger partial charge in [-0.05, 0) is 35.4 Å². The van der Waals surface area contributed by atoms with Crippen molar-refractivity contribution in [2.75, 3.05) is 19.7 Å². The fourth-order valence-corrected chi connectivity index (χ4v) is 5.51. The number of methoxy groups -OCH3 is 1.